The Labute approximate surface area is 164 Å². The summed E-state index contributed by atoms with van der Waals surface area (Å²) in [7, 11) is 13.9. The summed E-state index contributed by atoms with van der Waals surface area (Å²) in [6, 6.07) is 17.0. The number of nitrogens with zero attached hydrogens (tertiary/aromatic N) is 2. The van der Waals surface area contributed by atoms with Gasteiger partial charge in [-0.1, -0.05) is 0 Å². The zero-order valence-corrected chi connectivity index (χ0v) is 20.0. The summed E-state index contributed by atoms with van der Waals surface area (Å²) in [4.78, 5) is 4.64. The Bertz CT molecular complexity index is 591. The van der Waals surface area contributed by atoms with E-state index in [0.29, 0.717) is 0 Å². The Balaban J connectivity index is 2.25. The molecule has 136 valence electrons. The van der Waals surface area contributed by atoms with Crippen molar-refractivity contribution in [1.82, 2.24) is 0 Å². The van der Waals surface area contributed by atoms with E-state index in [0.717, 1.165) is 33.3 Å². The van der Waals surface area contributed by atoms with E-state index in [2.05, 4.69) is 86.0 Å². The van der Waals surface area contributed by atoms with E-state index < -0.39 is 16.1 Å². The Kier molecular flexibility index (Phi) is 7.78. The molecule has 0 unspecified atom stereocenters. The molecule has 0 radical (unpaired) electrons. The van der Waals surface area contributed by atoms with Crippen molar-refractivity contribution in [3.8, 4) is 0 Å². The summed E-state index contributed by atoms with van der Waals surface area (Å²) in [5, 5.41) is 0. The third-order valence-corrected chi connectivity index (χ3v) is 16.6. The molecular formula is C20H28Cl2N2Sn. The molecule has 2 nitrogen and oxygen atoms in total. The van der Waals surface area contributed by atoms with Crippen molar-refractivity contribution in [2.24, 2.45) is 0 Å². The van der Waals surface area contributed by atoms with Crippen LogP contribution >= 0.6 is 17.8 Å². The number of hydrogen-bond donors (Lipinski definition) is 0. The first-order valence-electron chi connectivity index (χ1n) is 9.06. The Morgan fingerprint density at radius 2 is 0.880 bits per heavy atom. The van der Waals surface area contributed by atoms with Crippen molar-refractivity contribution in [3.05, 3.63) is 48.5 Å². The van der Waals surface area contributed by atoms with Crippen LogP contribution in [-0.4, -0.2) is 42.3 Å². The minimum absolute atomic E-state index is 0.999. The van der Waals surface area contributed by atoms with Gasteiger partial charge in [-0.2, -0.15) is 0 Å². The molecule has 0 spiro atoms. The molecule has 5 heteroatoms. The second-order valence-electron chi connectivity index (χ2n) is 6.01. The van der Waals surface area contributed by atoms with Gasteiger partial charge in [-0.3, -0.25) is 0 Å². The molecule has 0 amide bonds. The van der Waals surface area contributed by atoms with Gasteiger partial charge in [0.15, 0.2) is 0 Å². The van der Waals surface area contributed by atoms with Crippen LogP contribution in [0.15, 0.2) is 48.5 Å². The fourth-order valence-corrected chi connectivity index (χ4v) is 10.8. The summed E-state index contributed by atoms with van der Waals surface area (Å²) in [5.74, 6) is 0. The van der Waals surface area contributed by atoms with Gasteiger partial charge in [0.25, 0.3) is 0 Å². The molecule has 0 saturated carbocycles. The summed E-state index contributed by atoms with van der Waals surface area (Å²) >= 11 is -3.55. The monoisotopic (exact) mass is 486 g/mol. The quantitative estimate of drug-likeness (QED) is 0.511. The third-order valence-electron chi connectivity index (χ3n) is 4.72. The SMILES string of the molecule is CCN(CC)c1cc[c]([Sn]([Cl])([Cl])[c]2ccc(N(CC)CC)cc2)cc1. The fourth-order valence-electron chi connectivity index (χ4n) is 3.11. The number of anilines is 2. The van der Waals surface area contributed by atoms with Crippen molar-refractivity contribution in [2.45, 2.75) is 27.7 Å². The molecule has 2 rings (SSSR count). The van der Waals surface area contributed by atoms with Crippen LogP contribution in [0.3, 0.4) is 0 Å². The molecule has 25 heavy (non-hydrogen) atoms. The van der Waals surface area contributed by atoms with E-state index in [1.807, 2.05) is 0 Å². The first-order valence-corrected chi connectivity index (χ1v) is 19.1. The molecule has 0 fully saturated rings. The molecule has 0 aliphatic carbocycles. The van der Waals surface area contributed by atoms with Gasteiger partial charge in [-0.15, -0.1) is 0 Å². The van der Waals surface area contributed by atoms with E-state index in [1.54, 1.807) is 0 Å². The number of hydrogen-bond acceptors (Lipinski definition) is 2. The molecule has 0 aliphatic heterocycles. The minimum atomic E-state index is -3.55. The number of halogens is 2. The van der Waals surface area contributed by atoms with Gasteiger partial charge >= 0.3 is 165 Å². The topological polar surface area (TPSA) is 6.48 Å². The molecule has 0 bridgehead atoms. The first-order chi connectivity index (χ1) is 12.0. The van der Waals surface area contributed by atoms with Crippen LogP contribution in [0, 0.1) is 0 Å². The average molecular weight is 486 g/mol. The van der Waals surface area contributed by atoms with Gasteiger partial charge in [0.05, 0.1) is 0 Å². The number of benzene rings is 2. The van der Waals surface area contributed by atoms with Crippen LogP contribution in [-0.2, 0) is 0 Å². The zero-order chi connectivity index (χ0) is 18.4. The molecule has 2 aromatic carbocycles. The van der Waals surface area contributed by atoms with Gasteiger partial charge in [0.1, 0.15) is 0 Å². The van der Waals surface area contributed by atoms with E-state index in [9.17, 15) is 0 Å². The van der Waals surface area contributed by atoms with Gasteiger partial charge < -0.3 is 0 Å². The Morgan fingerprint density at radius 1 is 0.600 bits per heavy atom. The van der Waals surface area contributed by atoms with E-state index in [4.69, 9.17) is 17.8 Å². The molecular weight excluding hydrogens is 458 g/mol. The normalized spacial score (nSPS) is 11.4. The first kappa shape index (κ1) is 20.7. The molecule has 2 aromatic rings. The average Bonchev–Trinajstić information content (AvgIpc) is 2.65. The van der Waals surface area contributed by atoms with Crippen LogP contribution in [0.2, 0.25) is 0 Å². The van der Waals surface area contributed by atoms with Gasteiger partial charge in [-0.05, 0) is 0 Å². The molecule has 0 aromatic heterocycles. The molecule has 0 atom stereocenters. The molecule has 0 saturated heterocycles. The second-order valence-corrected chi connectivity index (χ2v) is 21.5. The predicted octanol–water partition coefficient (Wildman–Crippen LogP) is 4.41. The van der Waals surface area contributed by atoms with Crippen LogP contribution in [0.4, 0.5) is 11.4 Å². The van der Waals surface area contributed by atoms with Gasteiger partial charge in [-0.25, -0.2) is 0 Å². The molecule has 0 N–H and O–H groups in total. The number of rotatable bonds is 8. The van der Waals surface area contributed by atoms with E-state index in [1.165, 1.54) is 11.4 Å². The summed E-state index contributed by atoms with van der Waals surface area (Å²) in [5.41, 5.74) is 2.45. The fraction of sp³-hybridized carbons (Fsp3) is 0.400. The van der Waals surface area contributed by atoms with Crippen LogP contribution in [0.25, 0.3) is 0 Å². The molecule has 0 aliphatic rings. The van der Waals surface area contributed by atoms with Gasteiger partial charge in [0, 0.05) is 0 Å². The van der Waals surface area contributed by atoms with Crippen LogP contribution in [0.1, 0.15) is 27.7 Å². The van der Waals surface area contributed by atoms with E-state index in [-0.39, 0.29) is 0 Å². The van der Waals surface area contributed by atoms with Crippen molar-refractivity contribution in [1.29, 1.82) is 0 Å². The van der Waals surface area contributed by atoms with Crippen molar-refractivity contribution >= 4 is 52.5 Å². The van der Waals surface area contributed by atoms with Crippen molar-refractivity contribution in [2.75, 3.05) is 36.0 Å². The van der Waals surface area contributed by atoms with E-state index >= 15 is 0 Å². The summed E-state index contributed by atoms with van der Waals surface area (Å²) < 4.78 is 2.20. The van der Waals surface area contributed by atoms with Crippen LogP contribution in [0.5, 0.6) is 0 Å². The summed E-state index contributed by atoms with van der Waals surface area (Å²) in [6.45, 7) is 12.7. The Hall–Kier alpha value is -0.581. The zero-order valence-electron chi connectivity index (χ0n) is 15.6. The standard InChI is InChI=1S/2C10H14N.2ClH.Sn/c2*1-3-11(4-2)10-8-6-5-7-9-10;;;/h2*6-9H,3-4H2,1-2H3;2*1H;/q;;;;+2/p-2. The maximum absolute atomic E-state index is 6.93. The van der Waals surface area contributed by atoms with Crippen molar-refractivity contribution < 1.29 is 0 Å². The Morgan fingerprint density at radius 3 is 1.12 bits per heavy atom. The van der Waals surface area contributed by atoms with Crippen LogP contribution < -0.4 is 17.0 Å². The predicted molar refractivity (Wildman–Crippen MR) is 117 cm³/mol. The second kappa shape index (κ2) is 9.38. The third kappa shape index (κ3) is 4.78. The van der Waals surface area contributed by atoms with Gasteiger partial charge in [0.2, 0.25) is 0 Å². The summed E-state index contributed by atoms with van der Waals surface area (Å²) in [6.07, 6.45) is 0. The van der Waals surface area contributed by atoms with Crippen molar-refractivity contribution in [3.63, 3.8) is 0 Å². The molecule has 0 heterocycles. The maximum atomic E-state index is 6.93.